The van der Waals surface area contributed by atoms with E-state index >= 15 is 0 Å². The summed E-state index contributed by atoms with van der Waals surface area (Å²) >= 11 is 0. The van der Waals surface area contributed by atoms with E-state index in [1.54, 1.807) is 0 Å². The largest absolute Gasteiger partial charge is 0.308 e. The first-order valence-electron chi connectivity index (χ1n) is 4.55. The van der Waals surface area contributed by atoms with Crippen LogP contribution in [-0.2, 0) is 0 Å². The Labute approximate surface area is 79.6 Å². The molecule has 0 aromatic heterocycles. The Morgan fingerprint density at radius 1 is 1.31 bits per heavy atom. The summed E-state index contributed by atoms with van der Waals surface area (Å²) in [5, 5.41) is 7.26. The maximum atomic E-state index is 7.26. The van der Waals surface area contributed by atoms with Crippen molar-refractivity contribution in [3.05, 3.63) is 41.0 Å². The van der Waals surface area contributed by atoms with Crippen molar-refractivity contribution < 1.29 is 0 Å². The summed E-state index contributed by atoms with van der Waals surface area (Å²) in [6.45, 7) is 4.15. The second-order valence-corrected chi connectivity index (χ2v) is 3.09. The highest BCUT2D eigenvalue weighted by Crippen LogP contribution is 2.11. The zero-order chi connectivity index (χ0) is 9.68. The minimum Gasteiger partial charge on any atom is -0.308 e. The zero-order valence-electron chi connectivity index (χ0n) is 8.17. The van der Waals surface area contributed by atoms with Gasteiger partial charge in [0.05, 0.1) is 0 Å². The third-order valence-corrected chi connectivity index (χ3v) is 1.93. The van der Waals surface area contributed by atoms with E-state index in [2.05, 4.69) is 31.2 Å². The fourth-order valence-electron chi connectivity index (χ4n) is 1.22. The number of rotatable bonds is 3. The molecular weight excluding hydrogens is 158 g/mol. The molecule has 0 aliphatic heterocycles. The van der Waals surface area contributed by atoms with Gasteiger partial charge in [0.25, 0.3) is 0 Å². The molecule has 13 heavy (non-hydrogen) atoms. The van der Waals surface area contributed by atoms with Crippen molar-refractivity contribution in [1.82, 2.24) is 0 Å². The standard InChI is InChI=1S/C12H15N/c1-3-4-5-11-7-6-10(2)8-12(11)9-13/h4-9,13H,3H2,1-2H3/b5-4-,13-9?. The van der Waals surface area contributed by atoms with Crippen LogP contribution in [0.5, 0.6) is 0 Å². The minimum atomic E-state index is 0.990. The van der Waals surface area contributed by atoms with Crippen molar-refractivity contribution in [3.63, 3.8) is 0 Å². The van der Waals surface area contributed by atoms with Crippen molar-refractivity contribution in [3.8, 4) is 0 Å². The monoisotopic (exact) mass is 173 g/mol. The van der Waals surface area contributed by atoms with Gasteiger partial charge in [0, 0.05) is 6.21 Å². The topological polar surface area (TPSA) is 23.9 Å². The smallest absolute Gasteiger partial charge is 0.0256 e. The average Bonchev–Trinajstić information content (AvgIpc) is 2.16. The molecule has 0 saturated carbocycles. The van der Waals surface area contributed by atoms with Crippen LogP contribution in [0.2, 0.25) is 0 Å². The highest BCUT2D eigenvalue weighted by atomic mass is 14.3. The number of benzene rings is 1. The van der Waals surface area contributed by atoms with Crippen LogP contribution in [-0.4, -0.2) is 6.21 Å². The van der Waals surface area contributed by atoms with E-state index < -0.39 is 0 Å². The molecule has 1 rings (SSSR count). The van der Waals surface area contributed by atoms with Gasteiger partial charge in [-0.15, -0.1) is 0 Å². The molecule has 0 spiro atoms. The maximum absolute atomic E-state index is 7.26. The summed E-state index contributed by atoms with van der Waals surface area (Å²) in [6, 6.07) is 6.16. The molecule has 0 aliphatic rings. The summed E-state index contributed by atoms with van der Waals surface area (Å²) in [5.41, 5.74) is 3.32. The van der Waals surface area contributed by atoms with Crippen LogP contribution in [0, 0.1) is 12.3 Å². The van der Waals surface area contributed by atoms with Crippen molar-refractivity contribution in [2.75, 3.05) is 0 Å². The van der Waals surface area contributed by atoms with E-state index in [1.165, 1.54) is 11.8 Å². The van der Waals surface area contributed by atoms with Gasteiger partial charge in [-0.05, 0) is 30.5 Å². The number of nitrogens with one attached hydrogen (secondary N) is 1. The number of allylic oxidation sites excluding steroid dienone is 1. The Balaban J connectivity index is 3.06. The molecule has 0 amide bonds. The third-order valence-electron chi connectivity index (χ3n) is 1.93. The van der Waals surface area contributed by atoms with Crippen molar-refractivity contribution >= 4 is 12.3 Å². The van der Waals surface area contributed by atoms with Gasteiger partial charge in [-0.2, -0.15) is 0 Å². The van der Waals surface area contributed by atoms with Crippen LogP contribution in [0.1, 0.15) is 30.0 Å². The summed E-state index contributed by atoms with van der Waals surface area (Å²) in [4.78, 5) is 0. The van der Waals surface area contributed by atoms with Gasteiger partial charge in [0.15, 0.2) is 0 Å². The molecule has 0 radical (unpaired) electrons. The lowest BCUT2D eigenvalue weighted by Crippen LogP contribution is -1.86. The van der Waals surface area contributed by atoms with Crippen LogP contribution in [0.15, 0.2) is 24.3 Å². The fourth-order valence-corrected chi connectivity index (χ4v) is 1.22. The Kier molecular flexibility index (Phi) is 3.44. The van der Waals surface area contributed by atoms with E-state index in [-0.39, 0.29) is 0 Å². The summed E-state index contributed by atoms with van der Waals surface area (Å²) in [5.74, 6) is 0. The third kappa shape index (κ3) is 2.55. The Morgan fingerprint density at radius 2 is 2.08 bits per heavy atom. The second kappa shape index (κ2) is 4.61. The molecule has 1 N–H and O–H groups in total. The van der Waals surface area contributed by atoms with Crippen LogP contribution >= 0.6 is 0 Å². The van der Waals surface area contributed by atoms with Gasteiger partial charge in [-0.1, -0.05) is 36.8 Å². The summed E-state index contributed by atoms with van der Waals surface area (Å²) < 4.78 is 0. The summed E-state index contributed by atoms with van der Waals surface area (Å²) in [6.07, 6.45) is 6.62. The van der Waals surface area contributed by atoms with Crippen molar-refractivity contribution in [2.24, 2.45) is 0 Å². The quantitative estimate of drug-likeness (QED) is 0.677. The van der Waals surface area contributed by atoms with Gasteiger partial charge in [0.1, 0.15) is 0 Å². The van der Waals surface area contributed by atoms with Crippen LogP contribution in [0.25, 0.3) is 6.08 Å². The number of aryl methyl sites for hydroxylation is 1. The minimum absolute atomic E-state index is 0.990. The molecule has 0 saturated heterocycles. The van der Waals surface area contributed by atoms with Gasteiger partial charge in [-0.3, -0.25) is 0 Å². The molecule has 0 heterocycles. The lowest BCUT2D eigenvalue weighted by atomic mass is 10.0. The first kappa shape index (κ1) is 9.72. The van der Waals surface area contributed by atoms with Crippen molar-refractivity contribution in [1.29, 1.82) is 5.41 Å². The first-order valence-corrected chi connectivity index (χ1v) is 4.55. The first-order chi connectivity index (χ1) is 6.27. The van der Waals surface area contributed by atoms with Gasteiger partial charge < -0.3 is 5.41 Å². The summed E-state index contributed by atoms with van der Waals surface area (Å²) in [7, 11) is 0. The molecule has 1 aromatic carbocycles. The second-order valence-electron chi connectivity index (χ2n) is 3.09. The van der Waals surface area contributed by atoms with Crippen LogP contribution < -0.4 is 0 Å². The van der Waals surface area contributed by atoms with Crippen LogP contribution in [0.4, 0.5) is 0 Å². The van der Waals surface area contributed by atoms with E-state index in [9.17, 15) is 0 Å². The lowest BCUT2D eigenvalue weighted by Gasteiger charge is -2.00. The molecular formula is C12H15N. The predicted molar refractivity (Wildman–Crippen MR) is 58.4 cm³/mol. The highest BCUT2D eigenvalue weighted by Gasteiger charge is 1.95. The van der Waals surface area contributed by atoms with Gasteiger partial charge in [0.2, 0.25) is 0 Å². The Bertz CT molecular complexity index is 324. The van der Waals surface area contributed by atoms with E-state index in [4.69, 9.17) is 5.41 Å². The van der Waals surface area contributed by atoms with E-state index in [0.717, 1.165) is 17.5 Å². The molecule has 1 aromatic rings. The van der Waals surface area contributed by atoms with Gasteiger partial charge in [-0.25, -0.2) is 0 Å². The highest BCUT2D eigenvalue weighted by molar-refractivity contribution is 5.83. The molecule has 1 nitrogen and oxygen atoms in total. The Hall–Kier alpha value is -1.37. The van der Waals surface area contributed by atoms with E-state index in [1.807, 2.05) is 13.0 Å². The fraction of sp³-hybridized carbons (Fsp3) is 0.250. The average molecular weight is 173 g/mol. The Morgan fingerprint density at radius 3 is 2.69 bits per heavy atom. The zero-order valence-corrected chi connectivity index (χ0v) is 8.17. The maximum Gasteiger partial charge on any atom is 0.0256 e. The van der Waals surface area contributed by atoms with E-state index in [0.29, 0.717) is 0 Å². The molecule has 0 aliphatic carbocycles. The SMILES string of the molecule is CC/C=C\c1ccc(C)cc1C=N. The molecule has 0 atom stereocenters. The molecule has 0 bridgehead atoms. The molecule has 0 unspecified atom stereocenters. The number of hydrogen-bond donors (Lipinski definition) is 1. The number of hydrogen-bond acceptors (Lipinski definition) is 1. The van der Waals surface area contributed by atoms with Gasteiger partial charge >= 0.3 is 0 Å². The van der Waals surface area contributed by atoms with Crippen LogP contribution in [0.3, 0.4) is 0 Å². The van der Waals surface area contributed by atoms with Crippen molar-refractivity contribution in [2.45, 2.75) is 20.3 Å². The normalized spacial score (nSPS) is 10.6. The molecule has 1 heteroatoms. The predicted octanol–water partition coefficient (Wildman–Crippen LogP) is 3.42. The lowest BCUT2D eigenvalue weighted by molar-refractivity contribution is 1.23. The molecule has 68 valence electrons. The molecule has 0 fully saturated rings.